The molecule has 3 amide bonds. The van der Waals surface area contributed by atoms with Crippen molar-refractivity contribution in [3.63, 3.8) is 0 Å². The van der Waals surface area contributed by atoms with Crippen LogP contribution in [0.15, 0.2) is 0 Å². The number of carbonyl (C=O) groups is 3. The van der Waals surface area contributed by atoms with Gasteiger partial charge in [-0.3, -0.25) is 15.0 Å². The van der Waals surface area contributed by atoms with Gasteiger partial charge in [0.05, 0.1) is 24.7 Å². The van der Waals surface area contributed by atoms with Crippen molar-refractivity contribution >= 4 is 17.9 Å². The van der Waals surface area contributed by atoms with Gasteiger partial charge in [0.15, 0.2) is 0 Å². The van der Waals surface area contributed by atoms with Gasteiger partial charge >= 0.3 is 6.09 Å². The van der Waals surface area contributed by atoms with Crippen LogP contribution in [0.3, 0.4) is 0 Å². The highest BCUT2D eigenvalue weighted by atomic mass is 16.6. The predicted octanol–water partition coefficient (Wildman–Crippen LogP) is 1.54. The molecule has 9 nitrogen and oxygen atoms in total. The van der Waals surface area contributed by atoms with Crippen LogP contribution < -0.4 is 5.43 Å². The fourth-order valence-electron chi connectivity index (χ4n) is 5.89. The van der Waals surface area contributed by atoms with E-state index in [2.05, 4.69) is 17.2 Å². The summed E-state index contributed by atoms with van der Waals surface area (Å²) in [6, 6.07) is 0.0706. The third kappa shape index (κ3) is 5.29. The largest absolute Gasteiger partial charge is 0.447 e. The number of piperazine rings is 1. The van der Waals surface area contributed by atoms with E-state index in [-0.39, 0.29) is 48.1 Å². The number of hydrogen-bond donors (Lipinski definition) is 1. The summed E-state index contributed by atoms with van der Waals surface area (Å²) < 4.78 is 5.61. The number of fused-ring (bicyclic) bond motifs is 1. The lowest BCUT2D eigenvalue weighted by molar-refractivity contribution is -0.146. The molecule has 2 saturated heterocycles. The molecule has 5 atom stereocenters. The second-order valence-electron chi connectivity index (χ2n) is 11.0. The minimum absolute atomic E-state index is 0.00800. The van der Waals surface area contributed by atoms with Gasteiger partial charge in [-0.1, -0.05) is 0 Å². The van der Waals surface area contributed by atoms with E-state index in [1.165, 1.54) is 0 Å². The molecule has 0 radical (unpaired) electrons. The lowest BCUT2D eigenvalue weighted by Crippen LogP contribution is -2.67. The molecule has 1 N–H and O–H groups in total. The lowest BCUT2D eigenvalue weighted by atomic mass is 9.73. The maximum atomic E-state index is 13.2. The molecule has 2 saturated carbocycles. The topological polar surface area (TPSA) is 85.4 Å². The van der Waals surface area contributed by atoms with Crippen molar-refractivity contribution < 1.29 is 19.1 Å². The van der Waals surface area contributed by atoms with Crippen molar-refractivity contribution in [2.75, 3.05) is 40.3 Å². The average Bonchev–Trinajstić information content (AvgIpc) is 3.51. The van der Waals surface area contributed by atoms with E-state index in [1.54, 1.807) is 19.0 Å². The third-order valence-electron chi connectivity index (χ3n) is 7.79. The Morgan fingerprint density at radius 1 is 1.03 bits per heavy atom. The van der Waals surface area contributed by atoms with Gasteiger partial charge in [-0.2, -0.15) is 0 Å². The first-order valence-corrected chi connectivity index (χ1v) is 12.6. The zero-order chi connectivity index (χ0) is 23.9. The number of hydrazine groups is 1. The van der Waals surface area contributed by atoms with Crippen LogP contribution in [-0.4, -0.2) is 102 Å². The minimum Gasteiger partial charge on any atom is -0.447 e. The highest BCUT2D eigenvalue weighted by Gasteiger charge is 2.51. The second kappa shape index (κ2) is 9.78. The zero-order valence-electron chi connectivity index (χ0n) is 20.8. The van der Waals surface area contributed by atoms with Crippen LogP contribution in [0.4, 0.5) is 4.79 Å². The summed E-state index contributed by atoms with van der Waals surface area (Å²) in [7, 11) is 3.56. The van der Waals surface area contributed by atoms with Gasteiger partial charge in [0.2, 0.25) is 11.8 Å². The van der Waals surface area contributed by atoms with Crippen LogP contribution in [0.5, 0.6) is 0 Å². The fourth-order valence-corrected chi connectivity index (χ4v) is 5.89. The van der Waals surface area contributed by atoms with Gasteiger partial charge < -0.3 is 19.4 Å². The first-order valence-electron chi connectivity index (χ1n) is 12.6. The number of hydrogen-bond acceptors (Lipinski definition) is 6. The van der Waals surface area contributed by atoms with Crippen molar-refractivity contribution in [1.29, 1.82) is 0 Å². The fraction of sp³-hybridized carbons (Fsp3) is 0.875. The van der Waals surface area contributed by atoms with E-state index < -0.39 is 0 Å². The average molecular weight is 464 g/mol. The molecule has 0 aromatic carbocycles. The van der Waals surface area contributed by atoms with Crippen molar-refractivity contribution in [3.05, 3.63) is 0 Å². The van der Waals surface area contributed by atoms with Crippen LogP contribution in [0.2, 0.25) is 0 Å². The molecule has 186 valence electrons. The summed E-state index contributed by atoms with van der Waals surface area (Å²) >= 11 is 0. The molecule has 0 aromatic heterocycles. The summed E-state index contributed by atoms with van der Waals surface area (Å²) in [6.45, 7) is 8.41. The van der Waals surface area contributed by atoms with E-state index >= 15 is 0 Å². The zero-order valence-corrected chi connectivity index (χ0v) is 20.8. The number of likely N-dealkylation sites (N-methyl/N-ethyl adjacent to an activating group) is 1. The van der Waals surface area contributed by atoms with Crippen molar-refractivity contribution in [2.45, 2.75) is 77.1 Å². The molecule has 33 heavy (non-hydrogen) atoms. The Morgan fingerprint density at radius 2 is 1.76 bits per heavy atom. The van der Waals surface area contributed by atoms with E-state index in [1.807, 2.05) is 23.8 Å². The summed E-state index contributed by atoms with van der Waals surface area (Å²) in [5, 5.41) is 2.02. The van der Waals surface area contributed by atoms with Gasteiger partial charge in [-0.25, -0.2) is 9.80 Å². The van der Waals surface area contributed by atoms with Gasteiger partial charge in [0.25, 0.3) is 0 Å². The van der Waals surface area contributed by atoms with Crippen LogP contribution in [0, 0.1) is 17.8 Å². The Kier molecular flexibility index (Phi) is 7.19. The number of rotatable bonds is 5. The molecule has 4 fully saturated rings. The predicted molar refractivity (Wildman–Crippen MR) is 124 cm³/mol. The van der Waals surface area contributed by atoms with E-state index in [0.717, 1.165) is 45.2 Å². The standard InChI is InChI=1S/C24H41N5O4/c1-15(2)33-24(32)28-12-16(3)29(23(31)17-6-7-17)20-9-8-18(10-21(20)28)19-11-25-27(13-19)14-22(30)26(4)5/h15-21,25H,6-14H2,1-5H3/t16-,18?,19?,20?,21?/m0/s1. The second-order valence-corrected chi connectivity index (χ2v) is 11.0. The first-order chi connectivity index (χ1) is 15.7. The Labute approximate surface area is 197 Å². The Hall–Kier alpha value is -1.87. The van der Waals surface area contributed by atoms with E-state index in [4.69, 9.17) is 4.74 Å². The van der Waals surface area contributed by atoms with Crippen LogP contribution in [0.25, 0.3) is 0 Å². The molecule has 0 aromatic rings. The molecule has 2 aliphatic carbocycles. The molecule has 9 heteroatoms. The van der Waals surface area contributed by atoms with E-state index in [0.29, 0.717) is 24.9 Å². The Morgan fingerprint density at radius 3 is 2.39 bits per heavy atom. The number of nitrogens with zero attached hydrogens (tertiary/aromatic N) is 4. The molecule has 4 rings (SSSR count). The molecule has 2 heterocycles. The molecule has 4 aliphatic rings. The van der Waals surface area contributed by atoms with Gasteiger partial charge in [0.1, 0.15) is 0 Å². The molecule has 2 aliphatic heterocycles. The number of carbonyl (C=O) groups excluding carboxylic acids is 3. The number of amides is 3. The number of ether oxygens (including phenoxy) is 1. The maximum absolute atomic E-state index is 13.2. The highest BCUT2D eigenvalue weighted by molar-refractivity contribution is 5.82. The molecular formula is C24H41N5O4. The van der Waals surface area contributed by atoms with Crippen molar-refractivity contribution in [3.8, 4) is 0 Å². The summed E-state index contributed by atoms with van der Waals surface area (Å²) in [4.78, 5) is 44.0. The molecular weight excluding hydrogens is 422 g/mol. The van der Waals surface area contributed by atoms with Gasteiger partial charge in [0, 0.05) is 45.7 Å². The molecule has 0 bridgehead atoms. The van der Waals surface area contributed by atoms with Crippen molar-refractivity contribution in [2.24, 2.45) is 17.8 Å². The van der Waals surface area contributed by atoms with Gasteiger partial charge in [-0.05, 0) is 64.7 Å². The molecule has 0 spiro atoms. The Balaban J connectivity index is 1.47. The van der Waals surface area contributed by atoms with Crippen LogP contribution in [0.1, 0.15) is 52.9 Å². The summed E-state index contributed by atoms with van der Waals surface area (Å²) in [5.74, 6) is 1.42. The minimum atomic E-state index is -0.256. The first kappa shape index (κ1) is 24.3. The lowest BCUT2D eigenvalue weighted by Gasteiger charge is -2.54. The molecule has 4 unspecified atom stereocenters. The summed E-state index contributed by atoms with van der Waals surface area (Å²) in [6.07, 6.45) is 4.40. The normalized spacial score (nSPS) is 32.6. The van der Waals surface area contributed by atoms with E-state index in [9.17, 15) is 14.4 Å². The number of nitrogens with one attached hydrogen (secondary N) is 1. The quantitative estimate of drug-likeness (QED) is 0.666. The smallest absolute Gasteiger partial charge is 0.410 e. The maximum Gasteiger partial charge on any atom is 0.410 e. The van der Waals surface area contributed by atoms with Crippen LogP contribution >= 0.6 is 0 Å². The van der Waals surface area contributed by atoms with Crippen molar-refractivity contribution in [1.82, 2.24) is 25.1 Å². The third-order valence-corrected chi connectivity index (χ3v) is 7.79. The Bertz CT molecular complexity index is 755. The van der Waals surface area contributed by atoms with Crippen LogP contribution in [-0.2, 0) is 14.3 Å². The highest BCUT2D eigenvalue weighted by Crippen LogP contribution is 2.42. The summed E-state index contributed by atoms with van der Waals surface area (Å²) in [5.41, 5.74) is 3.40. The monoisotopic (exact) mass is 463 g/mol. The van der Waals surface area contributed by atoms with Gasteiger partial charge in [-0.15, -0.1) is 0 Å². The SMILES string of the molecule is CC(C)OC(=O)N1C[C@H](C)N(C(=O)C2CC2)C2CCC(C3CNN(CC(=O)N(C)C)C3)CC21.